The van der Waals surface area contributed by atoms with Gasteiger partial charge >= 0.3 is 0 Å². The predicted molar refractivity (Wildman–Crippen MR) is 89.6 cm³/mol. The molecule has 2 nitrogen and oxygen atoms in total. The Labute approximate surface area is 128 Å². The van der Waals surface area contributed by atoms with Crippen LogP contribution >= 0.6 is 11.3 Å². The molecule has 0 aliphatic carbocycles. The molecular formula is C17H30N2S. The van der Waals surface area contributed by atoms with E-state index < -0.39 is 0 Å². The van der Waals surface area contributed by atoms with Crippen LogP contribution in [-0.4, -0.2) is 35.6 Å². The van der Waals surface area contributed by atoms with E-state index in [4.69, 9.17) is 0 Å². The third kappa shape index (κ3) is 3.26. The van der Waals surface area contributed by atoms with E-state index in [2.05, 4.69) is 55.4 Å². The fraction of sp³-hybridized carbons (Fsp3) is 0.765. The molecule has 0 amide bonds. The van der Waals surface area contributed by atoms with Crippen molar-refractivity contribution in [3.63, 3.8) is 0 Å². The lowest BCUT2D eigenvalue weighted by molar-refractivity contribution is 0.00342. The van der Waals surface area contributed by atoms with E-state index in [1.165, 1.54) is 43.6 Å². The molecule has 114 valence electrons. The van der Waals surface area contributed by atoms with E-state index in [0.29, 0.717) is 5.54 Å². The smallest absolute Gasteiger partial charge is 0.0329 e. The van der Waals surface area contributed by atoms with Crippen LogP contribution in [0.15, 0.2) is 17.5 Å². The lowest BCUT2D eigenvalue weighted by Gasteiger charge is -2.53. The highest BCUT2D eigenvalue weighted by Crippen LogP contribution is 2.31. The summed E-state index contributed by atoms with van der Waals surface area (Å²) in [6, 6.07) is 4.44. The number of piperazine rings is 1. The maximum absolute atomic E-state index is 3.82. The molecule has 1 aromatic rings. The van der Waals surface area contributed by atoms with Gasteiger partial charge in [0, 0.05) is 35.6 Å². The molecular weight excluding hydrogens is 264 g/mol. The van der Waals surface area contributed by atoms with Crippen LogP contribution in [0.3, 0.4) is 0 Å². The van der Waals surface area contributed by atoms with E-state index in [0.717, 1.165) is 6.54 Å². The molecule has 1 N–H and O–H groups in total. The Kier molecular flexibility index (Phi) is 5.27. The van der Waals surface area contributed by atoms with Crippen LogP contribution in [0.25, 0.3) is 0 Å². The first kappa shape index (κ1) is 16.0. The fourth-order valence-electron chi connectivity index (χ4n) is 3.33. The Balaban J connectivity index is 2.09. The Morgan fingerprint density at radius 3 is 2.55 bits per heavy atom. The van der Waals surface area contributed by atoms with Gasteiger partial charge in [0.05, 0.1) is 0 Å². The van der Waals surface area contributed by atoms with Gasteiger partial charge in [-0.1, -0.05) is 26.8 Å². The van der Waals surface area contributed by atoms with Crippen LogP contribution < -0.4 is 5.32 Å². The van der Waals surface area contributed by atoms with Crippen LogP contribution in [0.4, 0.5) is 0 Å². The van der Waals surface area contributed by atoms with Gasteiger partial charge in [-0.15, -0.1) is 11.3 Å². The van der Waals surface area contributed by atoms with Crippen molar-refractivity contribution in [2.24, 2.45) is 0 Å². The molecule has 1 aliphatic rings. The Morgan fingerprint density at radius 1 is 1.25 bits per heavy atom. The summed E-state index contributed by atoms with van der Waals surface area (Å²) in [6.07, 6.45) is 4.87. The van der Waals surface area contributed by atoms with E-state index in [1.807, 2.05) is 11.3 Å². The quantitative estimate of drug-likeness (QED) is 0.855. The zero-order chi connectivity index (χ0) is 14.6. The van der Waals surface area contributed by atoms with Crippen molar-refractivity contribution in [3.05, 3.63) is 22.4 Å². The number of thiophene rings is 1. The van der Waals surface area contributed by atoms with Gasteiger partial charge in [0.15, 0.2) is 0 Å². The minimum absolute atomic E-state index is 0.281. The fourth-order valence-corrected chi connectivity index (χ4v) is 4.03. The number of rotatable bonds is 6. The largest absolute Gasteiger partial charge is 0.308 e. The normalized spacial score (nSPS) is 26.8. The van der Waals surface area contributed by atoms with E-state index >= 15 is 0 Å². The maximum atomic E-state index is 3.82. The molecule has 2 heterocycles. The molecule has 3 heteroatoms. The number of hydrogen-bond acceptors (Lipinski definition) is 3. The van der Waals surface area contributed by atoms with Crippen molar-refractivity contribution < 1.29 is 0 Å². The molecule has 1 saturated heterocycles. The highest BCUT2D eigenvalue weighted by Gasteiger charge is 2.42. The van der Waals surface area contributed by atoms with E-state index in [1.54, 1.807) is 0 Å². The minimum atomic E-state index is 0.281. The second kappa shape index (κ2) is 6.59. The molecule has 0 spiro atoms. The summed E-state index contributed by atoms with van der Waals surface area (Å²) in [6.45, 7) is 12.9. The lowest BCUT2D eigenvalue weighted by Crippen LogP contribution is -2.68. The van der Waals surface area contributed by atoms with Gasteiger partial charge < -0.3 is 5.32 Å². The molecule has 1 unspecified atom stereocenters. The molecule has 1 atom stereocenters. The van der Waals surface area contributed by atoms with Crippen molar-refractivity contribution in [1.82, 2.24) is 10.2 Å². The summed E-state index contributed by atoms with van der Waals surface area (Å²) in [5, 5.41) is 6.01. The van der Waals surface area contributed by atoms with Gasteiger partial charge in [0.1, 0.15) is 0 Å². The van der Waals surface area contributed by atoms with Gasteiger partial charge in [0.25, 0.3) is 0 Å². The van der Waals surface area contributed by atoms with Crippen LogP contribution in [-0.2, 0) is 6.42 Å². The second-order valence-corrected chi connectivity index (χ2v) is 7.48. The Morgan fingerprint density at radius 2 is 2.00 bits per heavy atom. The first-order chi connectivity index (χ1) is 9.57. The van der Waals surface area contributed by atoms with Crippen LogP contribution in [0.2, 0.25) is 0 Å². The van der Waals surface area contributed by atoms with Crippen LogP contribution in [0.5, 0.6) is 0 Å². The molecule has 1 aromatic heterocycles. The molecule has 0 aromatic carbocycles. The summed E-state index contributed by atoms with van der Waals surface area (Å²) in [4.78, 5) is 4.29. The summed E-state index contributed by atoms with van der Waals surface area (Å²) in [5.74, 6) is 0. The van der Waals surface area contributed by atoms with Crippen molar-refractivity contribution in [2.75, 3.05) is 19.6 Å². The average Bonchev–Trinajstić information content (AvgIpc) is 2.99. The Bertz CT molecular complexity index is 397. The second-order valence-electron chi connectivity index (χ2n) is 6.45. The van der Waals surface area contributed by atoms with Gasteiger partial charge in [-0.2, -0.15) is 0 Å². The van der Waals surface area contributed by atoms with Crippen LogP contribution in [0, 0.1) is 0 Å². The van der Waals surface area contributed by atoms with E-state index in [-0.39, 0.29) is 5.54 Å². The molecule has 0 radical (unpaired) electrons. The lowest BCUT2D eigenvalue weighted by atomic mass is 9.82. The first-order valence-electron chi connectivity index (χ1n) is 8.10. The van der Waals surface area contributed by atoms with Crippen molar-refractivity contribution in [2.45, 2.75) is 64.5 Å². The third-order valence-electron chi connectivity index (χ3n) is 5.36. The number of nitrogens with one attached hydrogen (secondary N) is 1. The van der Waals surface area contributed by atoms with Crippen molar-refractivity contribution >= 4 is 11.3 Å². The molecule has 1 aliphatic heterocycles. The summed E-state index contributed by atoms with van der Waals surface area (Å²) in [5.41, 5.74) is 0.634. The molecule has 0 saturated carbocycles. The molecule has 0 bridgehead atoms. The standard InChI is InChI=1S/C17H30N2S/c1-5-16(4)14-19(11-10-15-9-8-12-20-15)17(6-2,7-3)13-18-16/h8-9,12,18H,5-7,10-11,13-14H2,1-4H3. The SMILES string of the molecule is CCC1(C)CN(CCc2cccs2)C(CC)(CC)CN1. The highest BCUT2D eigenvalue weighted by atomic mass is 32.1. The topological polar surface area (TPSA) is 15.3 Å². The molecule has 20 heavy (non-hydrogen) atoms. The monoisotopic (exact) mass is 294 g/mol. The van der Waals surface area contributed by atoms with Crippen molar-refractivity contribution in [1.29, 1.82) is 0 Å². The highest BCUT2D eigenvalue weighted by molar-refractivity contribution is 7.09. The minimum Gasteiger partial charge on any atom is -0.308 e. The van der Waals surface area contributed by atoms with Gasteiger partial charge in [-0.05, 0) is 44.1 Å². The first-order valence-corrected chi connectivity index (χ1v) is 8.98. The van der Waals surface area contributed by atoms with E-state index in [9.17, 15) is 0 Å². The molecule has 1 fully saturated rings. The van der Waals surface area contributed by atoms with Gasteiger partial charge in [-0.25, -0.2) is 0 Å². The van der Waals surface area contributed by atoms with Gasteiger partial charge in [0.2, 0.25) is 0 Å². The Hall–Kier alpha value is -0.380. The van der Waals surface area contributed by atoms with Gasteiger partial charge in [-0.3, -0.25) is 4.90 Å². The van der Waals surface area contributed by atoms with Crippen molar-refractivity contribution in [3.8, 4) is 0 Å². The summed E-state index contributed by atoms with van der Waals surface area (Å²) in [7, 11) is 0. The summed E-state index contributed by atoms with van der Waals surface area (Å²) >= 11 is 1.89. The van der Waals surface area contributed by atoms with Crippen LogP contribution in [0.1, 0.15) is 51.8 Å². The number of hydrogen-bond donors (Lipinski definition) is 1. The third-order valence-corrected chi connectivity index (χ3v) is 6.30. The predicted octanol–water partition coefficient (Wildman–Crippen LogP) is 3.92. The maximum Gasteiger partial charge on any atom is 0.0329 e. The zero-order valence-electron chi connectivity index (χ0n) is 13.5. The molecule has 2 rings (SSSR count). The summed E-state index contributed by atoms with van der Waals surface area (Å²) < 4.78 is 0. The number of nitrogens with zero attached hydrogens (tertiary/aromatic N) is 1. The zero-order valence-corrected chi connectivity index (χ0v) is 14.4. The average molecular weight is 295 g/mol.